The molecular formula is C14H24N2O3S. The largest absolute Gasteiger partial charge is 0.481 e. The van der Waals surface area contributed by atoms with E-state index >= 15 is 0 Å². The molecule has 6 heteroatoms. The normalized spacial score (nSPS) is 27.8. The SMILES string of the molecule is O=C(NCC1CCSCC1)NC1CCCCC1C(=O)O. The number of amides is 2. The Balaban J connectivity index is 1.73. The molecule has 5 nitrogen and oxygen atoms in total. The van der Waals surface area contributed by atoms with Gasteiger partial charge >= 0.3 is 12.0 Å². The molecule has 20 heavy (non-hydrogen) atoms. The maximum atomic E-state index is 11.9. The maximum Gasteiger partial charge on any atom is 0.315 e. The highest BCUT2D eigenvalue weighted by atomic mass is 32.2. The number of rotatable bonds is 4. The van der Waals surface area contributed by atoms with Crippen molar-refractivity contribution < 1.29 is 14.7 Å². The molecule has 2 unspecified atom stereocenters. The smallest absolute Gasteiger partial charge is 0.315 e. The average Bonchev–Trinajstić information content (AvgIpc) is 2.46. The van der Waals surface area contributed by atoms with Crippen LogP contribution in [-0.4, -0.2) is 41.2 Å². The quantitative estimate of drug-likeness (QED) is 0.742. The van der Waals surface area contributed by atoms with Crippen LogP contribution in [0.3, 0.4) is 0 Å². The summed E-state index contributed by atoms with van der Waals surface area (Å²) in [5, 5.41) is 14.9. The molecule has 1 heterocycles. The Bertz CT molecular complexity index is 345. The molecule has 1 aliphatic heterocycles. The number of aliphatic carboxylic acids is 1. The summed E-state index contributed by atoms with van der Waals surface area (Å²) in [6, 6.07) is -0.426. The van der Waals surface area contributed by atoms with E-state index in [2.05, 4.69) is 10.6 Å². The fraction of sp³-hybridized carbons (Fsp3) is 0.857. The predicted octanol–water partition coefficient (Wildman–Crippen LogP) is 2.07. The van der Waals surface area contributed by atoms with Crippen LogP contribution in [0.2, 0.25) is 0 Å². The molecule has 114 valence electrons. The lowest BCUT2D eigenvalue weighted by atomic mass is 9.84. The molecule has 0 radical (unpaired) electrons. The van der Waals surface area contributed by atoms with Crippen molar-refractivity contribution in [3.05, 3.63) is 0 Å². The summed E-state index contributed by atoms with van der Waals surface area (Å²) < 4.78 is 0. The zero-order valence-corrected chi connectivity index (χ0v) is 12.6. The van der Waals surface area contributed by atoms with Gasteiger partial charge in [0.2, 0.25) is 0 Å². The summed E-state index contributed by atoms with van der Waals surface area (Å²) >= 11 is 1.97. The fourth-order valence-electron chi connectivity index (χ4n) is 3.01. The van der Waals surface area contributed by atoms with Crippen LogP contribution in [-0.2, 0) is 4.79 Å². The molecule has 1 aliphatic carbocycles. The third kappa shape index (κ3) is 4.58. The Labute approximate surface area is 124 Å². The second-order valence-electron chi connectivity index (χ2n) is 5.75. The minimum Gasteiger partial charge on any atom is -0.481 e. The van der Waals surface area contributed by atoms with Crippen molar-refractivity contribution in [2.24, 2.45) is 11.8 Å². The van der Waals surface area contributed by atoms with E-state index in [9.17, 15) is 14.7 Å². The molecule has 1 saturated heterocycles. The van der Waals surface area contributed by atoms with Gasteiger partial charge in [0.1, 0.15) is 0 Å². The highest BCUT2D eigenvalue weighted by Gasteiger charge is 2.31. The predicted molar refractivity (Wildman–Crippen MR) is 80.0 cm³/mol. The lowest BCUT2D eigenvalue weighted by Gasteiger charge is -2.29. The number of carbonyl (C=O) groups is 2. The van der Waals surface area contributed by atoms with Crippen LogP contribution < -0.4 is 10.6 Å². The summed E-state index contributed by atoms with van der Waals surface area (Å²) in [5.74, 6) is 1.71. The topological polar surface area (TPSA) is 78.4 Å². The summed E-state index contributed by atoms with van der Waals surface area (Å²) in [7, 11) is 0. The van der Waals surface area contributed by atoms with E-state index in [1.54, 1.807) is 0 Å². The van der Waals surface area contributed by atoms with Gasteiger partial charge in [-0.15, -0.1) is 0 Å². The maximum absolute atomic E-state index is 11.9. The number of urea groups is 1. The number of carboxylic acids is 1. The van der Waals surface area contributed by atoms with E-state index in [-0.39, 0.29) is 12.1 Å². The van der Waals surface area contributed by atoms with Crippen LogP contribution in [0, 0.1) is 11.8 Å². The second-order valence-corrected chi connectivity index (χ2v) is 6.97. The Morgan fingerprint density at radius 3 is 2.50 bits per heavy atom. The molecule has 2 rings (SSSR count). The van der Waals surface area contributed by atoms with Gasteiger partial charge in [-0.3, -0.25) is 4.79 Å². The van der Waals surface area contributed by atoms with Gasteiger partial charge in [0, 0.05) is 12.6 Å². The van der Waals surface area contributed by atoms with Crippen LogP contribution in [0.25, 0.3) is 0 Å². The summed E-state index contributed by atoms with van der Waals surface area (Å²) in [4.78, 5) is 23.1. The summed E-state index contributed by atoms with van der Waals surface area (Å²) in [6.45, 7) is 0.705. The first kappa shape index (κ1) is 15.5. The monoisotopic (exact) mass is 300 g/mol. The third-order valence-electron chi connectivity index (χ3n) is 4.29. The van der Waals surface area contributed by atoms with Crippen molar-refractivity contribution in [3.8, 4) is 0 Å². The van der Waals surface area contributed by atoms with Gasteiger partial charge in [0.15, 0.2) is 0 Å². The van der Waals surface area contributed by atoms with E-state index in [1.165, 1.54) is 11.5 Å². The minimum atomic E-state index is -0.792. The zero-order valence-electron chi connectivity index (χ0n) is 11.8. The van der Waals surface area contributed by atoms with E-state index < -0.39 is 11.9 Å². The van der Waals surface area contributed by atoms with Gasteiger partial charge in [0.05, 0.1) is 5.92 Å². The number of hydrogen-bond donors (Lipinski definition) is 3. The zero-order chi connectivity index (χ0) is 14.4. The fourth-order valence-corrected chi connectivity index (χ4v) is 4.21. The van der Waals surface area contributed by atoms with E-state index in [4.69, 9.17) is 0 Å². The average molecular weight is 300 g/mol. The van der Waals surface area contributed by atoms with Crippen LogP contribution >= 0.6 is 11.8 Å². The first-order chi connectivity index (χ1) is 9.66. The molecule has 0 aromatic heterocycles. The highest BCUT2D eigenvalue weighted by Crippen LogP contribution is 2.25. The second kappa shape index (κ2) is 7.76. The first-order valence-corrected chi connectivity index (χ1v) is 8.67. The van der Waals surface area contributed by atoms with E-state index in [0.717, 1.165) is 32.1 Å². The first-order valence-electron chi connectivity index (χ1n) is 7.51. The van der Waals surface area contributed by atoms with E-state index in [0.29, 0.717) is 18.9 Å². The standard InChI is InChI=1S/C14H24N2O3S/c17-13(18)11-3-1-2-4-12(11)16-14(19)15-9-10-5-7-20-8-6-10/h10-12H,1-9H2,(H,17,18)(H2,15,16,19). The van der Waals surface area contributed by atoms with Gasteiger partial charge in [-0.05, 0) is 43.1 Å². The van der Waals surface area contributed by atoms with Gasteiger partial charge < -0.3 is 15.7 Å². The van der Waals surface area contributed by atoms with Crippen LogP contribution in [0.1, 0.15) is 38.5 Å². The van der Waals surface area contributed by atoms with Gasteiger partial charge in [0.25, 0.3) is 0 Å². The molecule has 2 amide bonds. The molecule has 0 aromatic rings. The van der Waals surface area contributed by atoms with Crippen molar-refractivity contribution in [1.29, 1.82) is 0 Å². The Morgan fingerprint density at radius 1 is 1.10 bits per heavy atom. The number of hydrogen-bond acceptors (Lipinski definition) is 3. The van der Waals surface area contributed by atoms with Crippen LogP contribution in [0.4, 0.5) is 4.79 Å². The molecule has 0 spiro atoms. The summed E-state index contributed by atoms with van der Waals surface area (Å²) in [5.41, 5.74) is 0. The van der Waals surface area contributed by atoms with Crippen LogP contribution in [0.15, 0.2) is 0 Å². The number of carboxylic acid groups (broad SMARTS) is 1. The Kier molecular flexibility index (Phi) is 6.01. The van der Waals surface area contributed by atoms with E-state index in [1.807, 2.05) is 11.8 Å². The highest BCUT2D eigenvalue weighted by molar-refractivity contribution is 7.99. The molecule has 2 atom stereocenters. The molecule has 2 aliphatic rings. The number of carbonyl (C=O) groups excluding carboxylic acids is 1. The van der Waals surface area contributed by atoms with Gasteiger partial charge in [-0.25, -0.2) is 4.79 Å². The molecular weight excluding hydrogens is 276 g/mol. The number of thioether (sulfide) groups is 1. The van der Waals surface area contributed by atoms with Crippen molar-refractivity contribution in [2.45, 2.75) is 44.6 Å². The summed E-state index contributed by atoms with van der Waals surface area (Å²) in [6.07, 6.45) is 5.69. The molecule has 0 aromatic carbocycles. The van der Waals surface area contributed by atoms with Crippen molar-refractivity contribution in [1.82, 2.24) is 10.6 Å². The molecule has 0 bridgehead atoms. The Hall–Kier alpha value is -0.910. The number of nitrogens with one attached hydrogen (secondary N) is 2. The lowest BCUT2D eigenvalue weighted by molar-refractivity contribution is -0.143. The molecule has 1 saturated carbocycles. The molecule has 3 N–H and O–H groups in total. The third-order valence-corrected chi connectivity index (χ3v) is 5.34. The van der Waals surface area contributed by atoms with Crippen molar-refractivity contribution >= 4 is 23.8 Å². The minimum absolute atomic E-state index is 0.207. The Morgan fingerprint density at radius 2 is 1.80 bits per heavy atom. The molecule has 2 fully saturated rings. The van der Waals surface area contributed by atoms with Crippen molar-refractivity contribution in [3.63, 3.8) is 0 Å². The van der Waals surface area contributed by atoms with Crippen molar-refractivity contribution in [2.75, 3.05) is 18.1 Å². The lowest BCUT2D eigenvalue weighted by Crippen LogP contribution is -2.49. The van der Waals surface area contributed by atoms with Crippen LogP contribution in [0.5, 0.6) is 0 Å². The van der Waals surface area contributed by atoms with Gasteiger partial charge in [-0.2, -0.15) is 11.8 Å². The van der Waals surface area contributed by atoms with Gasteiger partial charge in [-0.1, -0.05) is 12.8 Å².